The molecule has 0 saturated heterocycles. The first-order chi connectivity index (χ1) is 11.5. The van der Waals surface area contributed by atoms with E-state index in [2.05, 4.69) is 0 Å². The van der Waals surface area contributed by atoms with Crippen LogP contribution >= 0.6 is 23.2 Å². The van der Waals surface area contributed by atoms with Gasteiger partial charge in [-0.1, -0.05) is 29.3 Å². The first-order valence-corrected chi connectivity index (χ1v) is 8.41. The first-order valence-electron chi connectivity index (χ1n) is 7.66. The van der Waals surface area contributed by atoms with Crippen molar-refractivity contribution in [1.29, 1.82) is 0 Å². The van der Waals surface area contributed by atoms with E-state index in [0.717, 1.165) is 11.5 Å². The molecular formula is C18H20Cl2O4. The number of hydrogen-bond donors (Lipinski definition) is 1. The van der Waals surface area contributed by atoms with Crippen LogP contribution in [0.5, 0.6) is 23.0 Å². The third-order valence-electron chi connectivity index (χ3n) is 2.96. The summed E-state index contributed by atoms with van der Waals surface area (Å²) in [5, 5.41) is 9.93. The molecule has 4 nitrogen and oxygen atoms in total. The molecule has 6 heteroatoms. The lowest BCUT2D eigenvalue weighted by molar-refractivity contribution is 0.235. The van der Waals surface area contributed by atoms with Crippen molar-refractivity contribution in [3.63, 3.8) is 0 Å². The van der Waals surface area contributed by atoms with Gasteiger partial charge in [0.2, 0.25) is 0 Å². The highest BCUT2D eigenvalue weighted by molar-refractivity contribution is 6.37. The second kappa shape index (κ2) is 8.90. The Morgan fingerprint density at radius 3 is 2.25 bits per heavy atom. The maximum Gasteiger partial charge on any atom is 0.156 e. The minimum Gasteiger partial charge on any atom is -0.508 e. The van der Waals surface area contributed by atoms with Crippen molar-refractivity contribution < 1.29 is 19.3 Å². The summed E-state index contributed by atoms with van der Waals surface area (Å²) in [6.45, 7) is 4.83. The summed E-state index contributed by atoms with van der Waals surface area (Å²) in [5.74, 6) is 1.89. The van der Waals surface area contributed by atoms with E-state index in [1.165, 1.54) is 12.1 Å². The van der Waals surface area contributed by atoms with Gasteiger partial charge >= 0.3 is 0 Å². The molecule has 24 heavy (non-hydrogen) atoms. The van der Waals surface area contributed by atoms with Crippen LogP contribution in [-0.2, 0) is 0 Å². The van der Waals surface area contributed by atoms with Crippen LogP contribution in [0.2, 0.25) is 10.0 Å². The molecular weight excluding hydrogens is 351 g/mol. The minimum atomic E-state index is 0.00387. The van der Waals surface area contributed by atoms with Crippen molar-refractivity contribution in [1.82, 2.24) is 0 Å². The summed E-state index contributed by atoms with van der Waals surface area (Å²) in [6.07, 6.45) is 0.774. The predicted octanol–water partition coefficient (Wildman–Crippen LogP) is 5.33. The standard InChI is InChI=1S/C18H20Cl2O4/c1-12(2)24-15-6-3-5-14(11-15)22-7-4-8-23-18-16(19)9-13(21)10-17(18)20/h3,5-6,9-12,21H,4,7-8H2,1-2H3. The molecule has 0 bridgehead atoms. The number of hydrogen-bond acceptors (Lipinski definition) is 4. The van der Waals surface area contributed by atoms with E-state index in [4.69, 9.17) is 37.4 Å². The highest BCUT2D eigenvalue weighted by atomic mass is 35.5. The quantitative estimate of drug-likeness (QED) is 0.637. The van der Waals surface area contributed by atoms with Crippen molar-refractivity contribution in [2.24, 2.45) is 0 Å². The predicted molar refractivity (Wildman–Crippen MR) is 95.9 cm³/mol. The molecule has 1 N–H and O–H groups in total. The van der Waals surface area contributed by atoms with Gasteiger partial charge < -0.3 is 19.3 Å². The van der Waals surface area contributed by atoms with E-state index in [-0.39, 0.29) is 21.9 Å². The zero-order chi connectivity index (χ0) is 17.5. The van der Waals surface area contributed by atoms with Crippen molar-refractivity contribution in [3.05, 3.63) is 46.4 Å². The van der Waals surface area contributed by atoms with Crippen molar-refractivity contribution in [3.8, 4) is 23.0 Å². The Bertz CT molecular complexity index is 651. The number of ether oxygens (including phenoxy) is 3. The molecule has 0 aliphatic heterocycles. The summed E-state index contributed by atoms with van der Waals surface area (Å²) >= 11 is 12.0. The molecule has 0 radical (unpaired) electrons. The molecule has 0 aliphatic rings. The van der Waals surface area contributed by atoms with E-state index in [1.807, 2.05) is 38.1 Å². The van der Waals surface area contributed by atoms with Crippen LogP contribution in [0.1, 0.15) is 20.3 Å². The second-order valence-corrected chi connectivity index (χ2v) is 6.24. The number of halogens is 2. The normalized spacial score (nSPS) is 10.7. The molecule has 0 unspecified atom stereocenters. The van der Waals surface area contributed by atoms with E-state index < -0.39 is 0 Å². The molecule has 0 amide bonds. The second-order valence-electron chi connectivity index (χ2n) is 5.43. The molecule has 0 atom stereocenters. The van der Waals surface area contributed by atoms with Gasteiger partial charge in [-0.3, -0.25) is 0 Å². The zero-order valence-electron chi connectivity index (χ0n) is 13.6. The summed E-state index contributed by atoms with van der Waals surface area (Å²) in [7, 11) is 0. The molecule has 2 rings (SSSR count). The fourth-order valence-electron chi connectivity index (χ4n) is 2.02. The first kappa shape index (κ1) is 18.6. The third kappa shape index (κ3) is 5.69. The van der Waals surface area contributed by atoms with E-state index >= 15 is 0 Å². The summed E-state index contributed by atoms with van der Waals surface area (Å²) in [6, 6.07) is 10.3. The fraction of sp³-hybridized carbons (Fsp3) is 0.333. The molecule has 0 aliphatic carbocycles. The molecule has 0 heterocycles. The fourth-order valence-corrected chi connectivity index (χ4v) is 2.60. The zero-order valence-corrected chi connectivity index (χ0v) is 15.1. The lowest BCUT2D eigenvalue weighted by atomic mass is 10.3. The molecule has 0 fully saturated rings. The van der Waals surface area contributed by atoms with Gasteiger partial charge in [0.05, 0.1) is 29.4 Å². The monoisotopic (exact) mass is 370 g/mol. The molecule has 0 saturated carbocycles. The lowest BCUT2D eigenvalue weighted by Crippen LogP contribution is -2.07. The Kier molecular flexibility index (Phi) is 6.88. The number of phenols is 1. The molecule has 2 aromatic rings. The molecule has 0 spiro atoms. The van der Waals surface area contributed by atoms with Crippen LogP contribution in [0.25, 0.3) is 0 Å². The average molecular weight is 371 g/mol. The van der Waals surface area contributed by atoms with E-state index in [0.29, 0.717) is 25.4 Å². The lowest BCUT2D eigenvalue weighted by Gasteiger charge is -2.12. The van der Waals surface area contributed by atoms with Gasteiger partial charge in [0.25, 0.3) is 0 Å². The van der Waals surface area contributed by atoms with Crippen LogP contribution in [0.4, 0.5) is 0 Å². The highest BCUT2D eigenvalue weighted by Gasteiger charge is 2.09. The highest BCUT2D eigenvalue weighted by Crippen LogP contribution is 2.36. The Hall–Kier alpha value is -1.78. The maximum absolute atomic E-state index is 9.38. The Morgan fingerprint density at radius 2 is 1.58 bits per heavy atom. The van der Waals surface area contributed by atoms with E-state index in [1.54, 1.807) is 0 Å². The van der Waals surface area contributed by atoms with Crippen LogP contribution < -0.4 is 14.2 Å². The van der Waals surface area contributed by atoms with Crippen LogP contribution in [0.3, 0.4) is 0 Å². The van der Waals surface area contributed by atoms with Gasteiger partial charge in [-0.2, -0.15) is 0 Å². The van der Waals surface area contributed by atoms with Crippen molar-refractivity contribution in [2.45, 2.75) is 26.4 Å². The van der Waals surface area contributed by atoms with Crippen LogP contribution in [-0.4, -0.2) is 24.4 Å². The summed E-state index contributed by atoms with van der Waals surface area (Å²) < 4.78 is 16.9. The van der Waals surface area contributed by atoms with Crippen LogP contribution in [0.15, 0.2) is 36.4 Å². The van der Waals surface area contributed by atoms with Gasteiger partial charge in [-0.15, -0.1) is 0 Å². The molecule has 2 aromatic carbocycles. The van der Waals surface area contributed by atoms with Gasteiger partial charge in [0.1, 0.15) is 17.2 Å². The molecule has 130 valence electrons. The van der Waals surface area contributed by atoms with Crippen LogP contribution in [0, 0.1) is 0 Å². The summed E-state index contributed by atoms with van der Waals surface area (Å²) in [5.41, 5.74) is 0. The molecule has 0 aromatic heterocycles. The average Bonchev–Trinajstić information content (AvgIpc) is 2.48. The Morgan fingerprint density at radius 1 is 0.958 bits per heavy atom. The Balaban J connectivity index is 1.78. The number of aromatic hydroxyl groups is 1. The number of rotatable bonds is 8. The number of phenolic OH excluding ortho intramolecular Hbond substituents is 1. The maximum atomic E-state index is 9.38. The summed E-state index contributed by atoms with van der Waals surface area (Å²) in [4.78, 5) is 0. The van der Waals surface area contributed by atoms with E-state index in [9.17, 15) is 5.11 Å². The number of benzene rings is 2. The topological polar surface area (TPSA) is 47.9 Å². The SMILES string of the molecule is CC(C)Oc1cccc(OCCCOc2c(Cl)cc(O)cc2Cl)c1. The van der Waals surface area contributed by atoms with Gasteiger partial charge in [0, 0.05) is 24.6 Å². The van der Waals surface area contributed by atoms with Gasteiger partial charge in [0.15, 0.2) is 5.75 Å². The smallest absolute Gasteiger partial charge is 0.156 e. The minimum absolute atomic E-state index is 0.00387. The van der Waals surface area contributed by atoms with Crippen molar-refractivity contribution >= 4 is 23.2 Å². The van der Waals surface area contributed by atoms with Gasteiger partial charge in [-0.05, 0) is 26.0 Å². The Labute approximate surface area is 151 Å². The largest absolute Gasteiger partial charge is 0.508 e. The van der Waals surface area contributed by atoms with Gasteiger partial charge in [-0.25, -0.2) is 0 Å². The third-order valence-corrected chi connectivity index (χ3v) is 3.53. The van der Waals surface area contributed by atoms with Crippen molar-refractivity contribution in [2.75, 3.05) is 13.2 Å².